The highest BCUT2D eigenvalue weighted by atomic mass is 79.9. The number of hydrogen-bond donors (Lipinski definition) is 1. The summed E-state index contributed by atoms with van der Waals surface area (Å²) in [6.45, 7) is 0.848. The molecule has 0 saturated carbocycles. The Hall–Kier alpha value is -2.01. The van der Waals surface area contributed by atoms with E-state index in [4.69, 9.17) is 0 Å². The summed E-state index contributed by atoms with van der Waals surface area (Å²) < 4.78 is 0.937. The van der Waals surface area contributed by atoms with Crippen LogP contribution in [-0.4, -0.2) is 21.5 Å². The van der Waals surface area contributed by atoms with Crippen molar-refractivity contribution in [1.82, 2.24) is 15.0 Å². The average molecular weight is 329 g/mol. The Morgan fingerprint density at radius 3 is 2.75 bits per heavy atom. The first-order valence-electron chi connectivity index (χ1n) is 6.36. The lowest BCUT2D eigenvalue weighted by Gasteiger charge is -2.08. The minimum Gasteiger partial charge on any atom is -0.383 e. The first-order valence-corrected chi connectivity index (χ1v) is 7.15. The zero-order valence-electron chi connectivity index (χ0n) is 10.8. The van der Waals surface area contributed by atoms with Crippen LogP contribution >= 0.6 is 15.9 Å². The summed E-state index contributed by atoms with van der Waals surface area (Å²) in [5, 5.41) is 3.42. The van der Waals surface area contributed by atoms with Gasteiger partial charge in [0.1, 0.15) is 5.52 Å². The molecule has 0 atom stereocenters. The molecule has 0 bridgehead atoms. The average Bonchev–Trinajstić information content (AvgIpc) is 2.48. The van der Waals surface area contributed by atoms with Gasteiger partial charge in [0, 0.05) is 35.8 Å². The predicted molar refractivity (Wildman–Crippen MR) is 83.7 cm³/mol. The molecule has 1 N–H and O–H groups in total. The van der Waals surface area contributed by atoms with Gasteiger partial charge < -0.3 is 5.32 Å². The van der Waals surface area contributed by atoms with Gasteiger partial charge in [-0.05, 0) is 52.2 Å². The van der Waals surface area contributed by atoms with E-state index in [1.54, 1.807) is 12.4 Å². The third-order valence-electron chi connectivity index (χ3n) is 3.02. The van der Waals surface area contributed by atoms with Gasteiger partial charge in [0.25, 0.3) is 0 Å². The summed E-state index contributed by atoms with van der Waals surface area (Å²) >= 11 is 3.41. The van der Waals surface area contributed by atoms with Crippen LogP contribution in [0.1, 0.15) is 5.56 Å². The van der Waals surface area contributed by atoms with E-state index in [2.05, 4.69) is 36.2 Å². The summed E-state index contributed by atoms with van der Waals surface area (Å²) in [5.41, 5.74) is 4.05. The molecule has 3 rings (SSSR count). The second kappa shape index (κ2) is 5.96. The van der Waals surface area contributed by atoms with Gasteiger partial charge in [0.05, 0.1) is 11.2 Å². The second-order valence-electron chi connectivity index (χ2n) is 4.41. The van der Waals surface area contributed by atoms with Gasteiger partial charge in [-0.1, -0.05) is 0 Å². The Morgan fingerprint density at radius 2 is 1.90 bits per heavy atom. The van der Waals surface area contributed by atoms with E-state index in [0.29, 0.717) is 0 Å². The highest BCUT2D eigenvalue weighted by molar-refractivity contribution is 9.10. The van der Waals surface area contributed by atoms with Crippen molar-refractivity contribution < 1.29 is 0 Å². The lowest BCUT2D eigenvalue weighted by Crippen LogP contribution is -2.06. The van der Waals surface area contributed by atoms with Crippen LogP contribution in [0.5, 0.6) is 0 Å². The molecule has 100 valence electrons. The van der Waals surface area contributed by atoms with E-state index in [9.17, 15) is 0 Å². The van der Waals surface area contributed by atoms with Gasteiger partial charge in [0.2, 0.25) is 0 Å². The van der Waals surface area contributed by atoms with Crippen molar-refractivity contribution >= 4 is 32.7 Å². The van der Waals surface area contributed by atoms with E-state index in [1.165, 1.54) is 5.56 Å². The Morgan fingerprint density at radius 1 is 1.05 bits per heavy atom. The molecule has 20 heavy (non-hydrogen) atoms. The van der Waals surface area contributed by atoms with Crippen LogP contribution < -0.4 is 5.32 Å². The summed E-state index contributed by atoms with van der Waals surface area (Å²) in [7, 11) is 0. The number of nitrogens with one attached hydrogen (secondary N) is 1. The van der Waals surface area contributed by atoms with E-state index in [0.717, 1.165) is 34.2 Å². The lowest BCUT2D eigenvalue weighted by atomic mass is 10.2. The molecule has 0 amide bonds. The van der Waals surface area contributed by atoms with Gasteiger partial charge in [-0.15, -0.1) is 0 Å². The maximum absolute atomic E-state index is 4.42. The van der Waals surface area contributed by atoms with Crippen molar-refractivity contribution in [3.05, 3.63) is 59.1 Å². The van der Waals surface area contributed by atoms with Crippen molar-refractivity contribution in [3.8, 4) is 0 Å². The monoisotopic (exact) mass is 328 g/mol. The molecule has 5 heteroatoms. The maximum Gasteiger partial charge on any atom is 0.112 e. The molecular weight excluding hydrogens is 316 g/mol. The van der Waals surface area contributed by atoms with Crippen LogP contribution in [0.15, 0.2) is 53.5 Å². The van der Waals surface area contributed by atoms with Crippen LogP contribution in [0.25, 0.3) is 11.0 Å². The Kier molecular flexibility index (Phi) is 3.87. The minimum absolute atomic E-state index is 0.848. The van der Waals surface area contributed by atoms with Crippen molar-refractivity contribution in [1.29, 1.82) is 0 Å². The summed E-state index contributed by atoms with van der Waals surface area (Å²) in [4.78, 5) is 12.8. The number of halogens is 1. The van der Waals surface area contributed by atoms with Crippen LogP contribution in [-0.2, 0) is 6.42 Å². The molecular formula is C15H13BrN4. The van der Waals surface area contributed by atoms with Crippen molar-refractivity contribution in [3.63, 3.8) is 0 Å². The van der Waals surface area contributed by atoms with E-state index in [1.807, 2.05) is 36.7 Å². The number of rotatable bonds is 4. The number of hydrogen-bond acceptors (Lipinski definition) is 4. The second-order valence-corrected chi connectivity index (χ2v) is 5.33. The van der Waals surface area contributed by atoms with Gasteiger partial charge in [-0.2, -0.15) is 0 Å². The number of nitrogens with zero attached hydrogens (tertiary/aromatic N) is 3. The molecule has 3 aromatic heterocycles. The summed E-state index contributed by atoms with van der Waals surface area (Å²) in [6, 6.07) is 7.98. The van der Waals surface area contributed by atoms with Crippen LogP contribution in [0.2, 0.25) is 0 Å². The van der Waals surface area contributed by atoms with Crippen LogP contribution in [0.4, 0.5) is 5.69 Å². The molecule has 0 unspecified atom stereocenters. The quantitative estimate of drug-likeness (QED) is 0.797. The molecule has 0 fully saturated rings. The third-order valence-corrected chi connectivity index (χ3v) is 3.46. The predicted octanol–water partition coefficient (Wildman–Crippen LogP) is 3.44. The highest BCUT2D eigenvalue weighted by Gasteiger charge is 2.03. The largest absolute Gasteiger partial charge is 0.383 e. The fourth-order valence-corrected chi connectivity index (χ4v) is 2.36. The third kappa shape index (κ3) is 2.93. The van der Waals surface area contributed by atoms with Gasteiger partial charge in [0.15, 0.2) is 0 Å². The van der Waals surface area contributed by atoms with Gasteiger partial charge in [-0.25, -0.2) is 0 Å². The standard InChI is InChI=1S/C15H13BrN4/c16-12-9-14-15(20-10-12)13(4-8-19-14)18-7-3-11-1-5-17-6-2-11/h1-2,4-6,8-10H,3,7H2,(H,18,19). The fraction of sp³-hybridized carbons (Fsp3) is 0.133. The summed E-state index contributed by atoms with van der Waals surface area (Å²) in [6.07, 6.45) is 8.17. The van der Waals surface area contributed by atoms with E-state index < -0.39 is 0 Å². The maximum atomic E-state index is 4.42. The molecule has 4 nitrogen and oxygen atoms in total. The normalized spacial score (nSPS) is 10.7. The SMILES string of the molecule is Brc1cnc2c(NCCc3ccncc3)ccnc2c1. The van der Waals surface area contributed by atoms with Crippen molar-refractivity contribution in [2.45, 2.75) is 6.42 Å². The smallest absolute Gasteiger partial charge is 0.112 e. The highest BCUT2D eigenvalue weighted by Crippen LogP contribution is 2.21. The molecule has 0 aliphatic carbocycles. The Labute approximate surface area is 125 Å². The minimum atomic E-state index is 0.848. The number of pyridine rings is 3. The molecule has 0 aliphatic rings. The molecule has 0 radical (unpaired) electrons. The number of aromatic nitrogens is 3. The molecule has 0 saturated heterocycles. The Balaban J connectivity index is 1.74. The fourth-order valence-electron chi connectivity index (χ4n) is 2.04. The van der Waals surface area contributed by atoms with Gasteiger partial charge >= 0.3 is 0 Å². The first-order chi connectivity index (χ1) is 9.83. The molecule has 0 aliphatic heterocycles. The topological polar surface area (TPSA) is 50.7 Å². The van der Waals surface area contributed by atoms with Gasteiger partial charge in [-0.3, -0.25) is 15.0 Å². The lowest BCUT2D eigenvalue weighted by molar-refractivity contribution is 1.01. The molecule has 3 aromatic rings. The number of fused-ring (bicyclic) bond motifs is 1. The number of anilines is 1. The zero-order chi connectivity index (χ0) is 13.8. The van der Waals surface area contributed by atoms with E-state index in [-0.39, 0.29) is 0 Å². The van der Waals surface area contributed by atoms with E-state index >= 15 is 0 Å². The van der Waals surface area contributed by atoms with Crippen LogP contribution in [0, 0.1) is 0 Å². The molecule has 0 spiro atoms. The summed E-state index contributed by atoms with van der Waals surface area (Å²) in [5.74, 6) is 0. The zero-order valence-corrected chi connectivity index (χ0v) is 12.3. The van der Waals surface area contributed by atoms with Crippen molar-refractivity contribution in [2.24, 2.45) is 0 Å². The molecule has 0 aromatic carbocycles. The first kappa shape index (κ1) is 13.0. The van der Waals surface area contributed by atoms with Crippen molar-refractivity contribution in [2.75, 3.05) is 11.9 Å². The Bertz CT molecular complexity index is 715. The van der Waals surface area contributed by atoms with Crippen LogP contribution in [0.3, 0.4) is 0 Å². The molecule has 3 heterocycles.